The van der Waals surface area contributed by atoms with E-state index in [1.165, 1.54) is 5.06 Å². The maximum atomic E-state index is 10.2. The van der Waals surface area contributed by atoms with E-state index < -0.39 is 0 Å². The largest absolute Gasteiger partial charge is 0.487 e. The van der Waals surface area contributed by atoms with Gasteiger partial charge in [-0.25, -0.2) is 4.98 Å². The van der Waals surface area contributed by atoms with Crippen molar-refractivity contribution < 1.29 is 9.94 Å². The molecule has 0 saturated heterocycles. The fraction of sp³-hybridized carbons (Fsp3) is 0.318. The van der Waals surface area contributed by atoms with Gasteiger partial charge in [-0.2, -0.15) is 5.06 Å². The third-order valence-electron chi connectivity index (χ3n) is 5.48. The molecule has 3 aromatic rings. The summed E-state index contributed by atoms with van der Waals surface area (Å²) in [6.07, 6.45) is 4.27. The number of fused-ring (bicyclic) bond motifs is 1. The SMILES string of the molecule is CN(O)C1(c2ccc(OCc3ccc4ccccc4n3)cc2)CCCC1. The zero-order valence-corrected chi connectivity index (χ0v) is 15.1. The second-order valence-corrected chi connectivity index (χ2v) is 7.07. The molecule has 1 fully saturated rings. The lowest BCUT2D eigenvalue weighted by atomic mass is 9.88. The van der Waals surface area contributed by atoms with E-state index in [1.54, 1.807) is 7.05 Å². The minimum Gasteiger partial charge on any atom is -0.487 e. The number of benzene rings is 2. The molecule has 4 heteroatoms. The highest BCUT2D eigenvalue weighted by atomic mass is 16.5. The number of nitrogens with zero attached hydrogens (tertiary/aromatic N) is 2. The van der Waals surface area contributed by atoms with Gasteiger partial charge in [0.1, 0.15) is 12.4 Å². The normalized spacial score (nSPS) is 16.3. The number of aromatic nitrogens is 1. The molecule has 1 aliphatic rings. The lowest BCUT2D eigenvalue weighted by Crippen LogP contribution is -2.39. The third-order valence-corrected chi connectivity index (χ3v) is 5.48. The summed E-state index contributed by atoms with van der Waals surface area (Å²) in [6.45, 7) is 0.440. The Balaban J connectivity index is 1.47. The highest BCUT2D eigenvalue weighted by Crippen LogP contribution is 2.42. The molecule has 0 aliphatic heterocycles. The molecular weight excluding hydrogens is 324 g/mol. The van der Waals surface area contributed by atoms with Gasteiger partial charge in [-0.1, -0.05) is 49.2 Å². The van der Waals surface area contributed by atoms with E-state index in [2.05, 4.69) is 29.2 Å². The monoisotopic (exact) mass is 348 g/mol. The van der Waals surface area contributed by atoms with Gasteiger partial charge < -0.3 is 9.94 Å². The van der Waals surface area contributed by atoms with E-state index in [0.717, 1.165) is 53.6 Å². The van der Waals surface area contributed by atoms with Crippen LogP contribution in [0.1, 0.15) is 36.9 Å². The average Bonchev–Trinajstić information content (AvgIpc) is 3.18. The highest BCUT2D eigenvalue weighted by Gasteiger charge is 2.39. The van der Waals surface area contributed by atoms with Crippen LogP contribution in [0.5, 0.6) is 5.75 Å². The van der Waals surface area contributed by atoms with Crippen molar-refractivity contribution in [3.63, 3.8) is 0 Å². The zero-order valence-electron chi connectivity index (χ0n) is 15.1. The van der Waals surface area contributed by atoms with Gasteiger partial charge in [-0.3, -0.25) is 0 Å². The van der Waals surface area contributed by atoms with Crippen molar-refractivity contribution in [1.82, 2.24) is 10.0 Å². The van der Waals surface area contributed by atoms with Crippen LogP contribution in [-0.2, 0) is 12.1 Å². The fourth-order valence-electron chi connectivity index (χ4n) is 3.97. The van der Waals surface area contributed by atoms with Crippen molar-refractivity contribution in [2.45, 2.75) is 37.8 Å². The Hall–Kier alpha value is -2.43. The Morgan fingerprint density at radius 1 is 1.00 bits per heavy atom. The van der Waals surface area contributed by atoms with Crippen molar-refractivity contribution in [3.05, 3.63) is 71.9 Å². The van der Waals surface area contributed by atoms with Gasteiger partial charge in [-0.05, 0) is 42.7 Å². The summed E-state index contributed by atoms with van der Waals surface area (Å²) in [5.41, 5.74) is 2.79. The van der Waals surface area contributed by atoms with E-state index >= 15 is 0 Å². The summed E-state index contributed by atoms with van der Waals surface area (Å²) in [6, 6.07) is 20.3. The number of rotatable bonds is 5. The molecule has 0 unspecified atom stereocenters. The molecule has 0 spiro atoms. The summed E-state index contributed by atoms with van der Waals surface area (Å²) < 4.78 is 5.91. The number of pyridine rings is 1. The molecule has 1 aromatic heterocycles. The molecule has 4 nitrogen and oxygen atoms in total. The number of ether oxygens (including phenoxy) is 1. The topological polar surface area (TPSA) is 45.6 Å². The molecule has 0 atom stereocenters. The first kappa shape index (κ1) is 17.0. The van der Waals surface area contributed by atoms with Crippen molar-refractivity contribution >= 4 is 10.9 Å². The van der Waals surface area contributed by atoms with Crippen LogP contribution in [0.2, 0.25) is 0 Å². The molecule has 0 amide bonds. The molecule has 1 N–H and O–H groups in total. The summed E-state index contributed by atoms with van der Waals surface area (Å²) in [5, 5.41) is 12.7. The third kappa shape index (κ3) is 3.18. The fourth-order valence-corrected chi connectivity index (χ4v) is 3.97. The van der Waals surface area contributed by atoms with Gasteiger partial charge in [0, 0.05) is 12.4 Å². The lowest BCUT2D eigenvalue weighted by molar-refractivity contribution is -0.155. The molecule has 0 radical (unpaired) electrons. The van der Waals surface area contributed by atoms with E-state index in [-0.39, 0.29) is 5.54 Å². The maximum Gasteiger partial charge on any atom is 0.130 e. The molecule has 26 heavy (non-hydrogen) atoms. The average molecular weight is 348 g/mol. The van der Waals surface area contributed by atoms with Gasteiger partial charge >= 0.3 is 0 Å². The predicted octanol–water partition coefficient (Wildman–Crippen LogP) is 4.90. The first-order valence-electron chi connectivity index (χ1n) is 9.18. The van der Waals surface area contributed by atoms with Crippen molar-refractivity contribution in [2.75, 3.05) is 7.05 Å². The van der Waals surface area contributed by atoms with Crippen LogP contribution < -0.4 is 4.74 Å². The van der Waals surface area contributed by atoms with Gasteiger partial charge in [0.05, 0.1) is 16.7 Å². The molecular formula is C22H24N2O2. The van der Waals surface area contributed by atoms with Gasteiger partial charge in [0.2, 0.25) is 0 Å². The second-order valence-electron chi connectivity index (χ2n) is 7.07. The lowest BCUT2D eigenvalue weighted by Gasteiger charge is -2.35. The molecule has 2 aromatic carbocycles. The summed E-state index contributed by atoms with van der Waals surface area (Å²) in [4.78, 5) is 4.64. The Kier molecular flexibility index (Phi) is 4.62. The number of hydrogen-bond acceptors (Lipinski definition) is 4. The summed E-state index contributed by atoms with van der Waals surface area (Å²) >= 11 is 0. The first-order chi connectivity index (χ1) is 12.7. The van der Waals surface area contributed by atoms with Crippen LogP contribution in [0.3, 0.4) is 0 Å². The number of para-hydroxylation sites is 1. The van der Waals surface area contributed by atoms with Crippen LogP contribution in [0.15, 0.2) is 60.7 Å². The van der Waals surface area contributed by atoms with Gasteiger partial charge in [0.25, 0.3) is 0 Å². The van der Waals surface area contributed by atoms with Crippen molar-refractivity contribution in [1.29, 1.82) is 0 Å². The standard InChI is InChI=1S/C22H24N2O2/c1-24(25)22(14-4-5-15-22)18-9-12-20(13-10-18)26-16-19-11-8-17-6-2-3-7-21(17)23-19/h2-3,6-13,25H,4-5,14-16H2,1H3. The summed E-state index contributed by atoms with van der Waals surface area (Å²) in [7, 11) is 1.75. The maximum absolute atomic E-state index is 10.2. The van der Waals surface area contributed by atoms with E-state index in [4.69, 9.17) is 4.74 Å². The number of hydrogen-bond donors (Lipinski definition) is 1. The van der Waals surface area contributed by atoms with Gasteiger partial charge in [-0.15, -0.1) is 0 Å². The van der Waals surface area contributed by atoms with E-state index in [9.17, 15) is 5.21 Å². The molecule has 1 aliphatic carbocycles. The Morgan fingerprint density at radius 3 is 2.46 bits per heavy atom. The van der Waals surface area contributed by atoms with Crippen LogP contribution in [0.4, 0.5) is 0 Å². The van der Waals surface area contributed by atoms with Crippen LogP contribution in [0.25, 0.3) is 10.9 Å². The highest BCUT2D eigenvalue weighted by molar-refractivity contribution is 5.78. The molecule has 134 valence electrons. The number of hydroxylamine groups is 2. The Bertz CT molecular complexity index is 884. The van der Waals surface area contributed by atoms with Crippen molar-refractivity contribution in [2.24, 2.45) is 0 Å². The summed E-state index contributed by atoms with van der Waals surface area (Å²) in [5.74, 6) is 0.817. The Morgan fingerprint density at radius 2 is 1.73 bits per heavy atom. The Labute approximate surface area is 154 Å². The smallest absolute Gasteiger partial charge is 0.130 e. The van der Waals surface area contributed by atoms with E-state index in [1.807, 2.05) is 36.4 Å². The molecule has 0 bridgehead atoms. The van der Waals surface area contributed by atoms with E-state index in [0.29, 0.717) is 6.61 Å². The molecule has 4 rings (SSSR count). The van der Waals surface area contributed by atoms with Crippen LogP contribution in [-0.4, -0.2) is 22.3 Å². The van der Waals surface area contributed by atoms with Crippen molar-refractivity contribution in [3.8, 4) is 5.75 Å². The van der Waals surface area contributed by atoms with Crippen LogP contribution >= 0.6 is 0 Å². The molecule has 1 heterocycles. The second kappa shape index (κ2) is 7.06. The van der Waals surface area contributed by atoms with Crippen LogP contribution in [0, 0.1) is 0 Å². The quantitative estimate of drug-likeness (QED) is 0.666. The molecule has 1 saturated carbocycles. The minimum absolute atomic E-state index is 0.252. The predicted molar refractivity (Wildman–Crippen MR) is 102 cm³/mol. The zero-order chi connectivity index (χ0) is 18.0. The van der Waals surface area contributed by atoms with Gasteiger partial charge in [0.15, 0.2) is 0 Å². The minimum atomic E-state index is -0.252. The first-order valence-corrected chi connectivity index (χ1v) is 9.18.